The van der Waals surface area contributed by atoms with Gasteiger partial charge in [-0.3, -0.25) is 4.79 Å². The summed E-state index contributed by atoms with van der Waals surface area (Å²) in [7, 11) is -1.86. The molecule has 0 spiro atoms. The van der Waals surface area contributed by atoms with Gasteiger partial charge < -0.3 is 9.47 Å². The van der Waals surface area contributed by atoms with Gasteiger partial charge in [0.1, 0.15) is 5.82 Å². The van der Waals surface area contributed by atoms with Crippen molar-refractivity contribution in [2.45, 2.75) is 56.0 Å². The van der Waals surface area contributed by atoms with E-state index < -0.39 is 16.1 Å². The Morgan fingerprint density at radius 2 is 2.10 bits per heavy atom. The molecule has 0 saturated heterocycles. The van der Waals surface area contributed by atoms with Gasteiger partial charge in [-0.15, -0.1) is 0 Å². The Hall–Kier alpha value is -2.98. The first-order valence-corrected chi connectivity index (χ1v) is 15.8. The van der Waals surface area contributed by atoms with E-state index in [-0.39, 0.29) is 16.7 Å². The van der Waals surface area contributed by atoms with E-state index in [0.29, 0.717) is 24.4 Å². The molecule has 0 bridgehead atoms. The number of thiophene rings is 1. The molecule has 5 rings (SSSR count). The van der Waals surface area contributed by atoms with Crippen molar-refractivity contribution >= 4 is 33.0 Å². The van der Waals surface area contributed by atoms with E-state index in [4.69, 9.17) is 11.6 Å². The molecule has 7 nitrogen and oxygen atoms in total. The summed E-state index contributed by atoms with van der Waals surface area (Å²) in [5.74, 6) is 0.835. The van der Waals surface area contributed by atoms with Crippen molar-refractivity contribution in [3.8, 4) is 0 Å². The molecule has 0 saturated carbocycles. The van der Waals surface area contributed by atoms with Crippen molar-refractivity contribution in [2.75, 3.05) is 4.90 Å². The summed E-state index contributed by atoms with van der Waals surface area (Å²) < 4.78 is 31.3. The van der Waals surface area contributed by atoms with Crippen LogP contribution >= 0.6 is 11.3 Å². The molecule has 0 fully saturated rings. The third-order valence-corrected chi connectivity index (χ3v) is 9.71. The van der Waals surface area contributed by atoms with Crippen LogP contribution in [0.15, 0.2) is 76.6 Å². The monoisotopic (exact) mass is 583 g/mol. The van der Waals surface area contributed by atoms with Gasteiger partial charge in [0, 0.05) is 49.7 Å². The number of hydrogen-bond acceptors (Lipinski definition) is 5. The van der Waals surface area contributed by atoms with Gasteiger partial charge in [-0.25, -0.2) is 18.1 Å². The van der Waals surface area contributed by atoms with Gasteiger partial charge in [-0.1, -0.05) is 19.1 Å². The minimum atomic E-state index is -3.77. The number of halogens is 1. The second-order valence-corrected chi connectivity index (χ2v) is 13.0. The zero-order chi connectivity index (χ0) is 27.6. The van der Waals surface area contributed by atoms with Crippen molar-refractivity contribution in [2.24, 2.45) is 7.05 Å². The average molecular weight is 584 g/mol. The van der Waals surface area contributed by atoms with Gasteiger partial charge >= 0.3 is 0 Å². The molecule has 1 amide bonds. The molecule has 0 unspecified atom stereocenters. The first-order chi connectivity index (χ1) is 18.7. The van der Waals surface area contributed by atoms with Crippen LogP contribution in [0, 0.1) is 11.6 Å². The molecule has 1 N–H and O–H groups in total. The van der Waals surface area contributed by atoms with Crippen molar-refractivity contribution in [1.29, 1.82) is 0 Å². The van der Waals surface area contributed by atoms with Crippen LogP contribution < -0.4 is 9.62 Å². The van der Waals surface area contributed by atoms with Gasteiger partial charge in [0.05, 0.1) is 11.4 Å². The fourth-order valence-corrected chi connectivity index (χ4v) is 7.39. The topological polar surface area (TPSA) is 84.3 Å². The zero-order valence-corrected chi connectivity index (χ0v) is 24.4. The Labute approximate surface area is 238 Å². The van der Waals surface area contributed by atoms with Crippen molar-refractivity contribution < 1.29 is 24.8 Å². The van der Waals surface area contributed by atoms with Crippen LogP contribution in [0.25, 0.3) is 0 Å². The maximum Gasteiger partial charge on any atom is 0.241 e. The Morgan fingerprint density at radius 1 is 1.26 bits per heavy atom. The third-order valence-electron chi connectivity index (χ3n) is 7.28. The van der Waals surface area contributed by atoms with E-state index in [2.05, 4.69) is 28.1 Å². The van der Waals surface area contributed by atoms with Gasteiger partial charge in [-0.2, -0.15) is 11.3 Å². The fourth-order valence-electron chi connectivity index (χ4n) is 5.03. The summed E-state index contributed by atoms with van der Waals surface area (Å²) >= 11 is 6.81. The lowest BCUT2D eigenvalue weighted by molar-refractivity contribution is -0.289. The van der Waals surface area contributed by atoms with Crippen LogP contribution in [-0.4, -0.2) is 23.9 Å². The minimum Gasteiger partial charge on any atom is -0.337 e. The number of amides is 1. The van der Waals surface area contributed by atoms with Crippen LogP contribution in [0.3, 0.4) is 0 Å². The minimum absolute atomic E-state index is 0.00755. The summed E-state index contributed by atoms with van der Waals surface area (Å²) in [4.78, 5) is 20.1. The van der Waals surface area contributed by atoms with E-state index in [0.717, 1.165) is 41.0 Å². The van der Waals surface area contributed by atoms with Crippen LogP contribution in [0.2, 0.25) is 5.02 Å². The Balaban J connectivity index is 1.46. The number of carbonyl (C=O) groups excluding carboxylic acids is 1. The molecule has 2 heterocycles. The molecule has 2 aromatic carbocycles. The molecule has 10 heteroatoms. The van der Waals surface area contributed by atoms with Crippen LogP contribution in [0.5, 0.6) is 0 Å². The van der Waals surface area contributed by atoms with Gasteiger partial charge in [-0.05, 0) is 76.9 Å². The van der Waals surface area contributed by atoms with E-state index in [1.807, 2.05) is 41.4 Å². The SMILES string of the molecule is C[C@H](CC(=O)N(Cc1nccn1C)c1ccc2c(c1)[C@@H](NS(=O)(=O)c1cccc([ClH+])c1)CCC2)c1ccsc1. The third kappa shape index (κ3) is 6.27. The first-order valence-electron chi connectivity index (χ1n) is 12.9. The Kier molecular flexibility index (Phi) is 8.23. The van der Waals surface area contributed by atoms with Crippen LogP contribution in [0.4, 0.5) is 5.69 Å². The molecule has 1 aliphatic carbocycles. The fraction of sp³-hybridized carbons (Fsp3) is 0.310. The predicted octanol–water partition coefficient (Wildman–Crippen LogP) is 5.26. The molecule has 4 aromatic rings. The highest BCUT2D eigenvalue weighted by atomic mass is 35.5. The summed E-state index contributed by atoms with van der Waals surface area (Å²) in [6, 6.07) is 14.0. The highest BCUT2D eigenvalue weighted by molar-refractivity contribution is 7.89. The van der Waals surface area contributed by atoms with Gasteiger partial charge in [0.2, 0.25) is 21.0 Å². The van der Waals surface area contributed by atoms with Crippen LogP contribution in [0.1, 0.15) is 60.7 Å². The molecule has 2 atom stereocenters. The summed E-state index contributed by atoms with van der Waals surface area (Å²) in [5.41, 5.74) is 3.87. The number of nitrogens with zero attached hydrogens (tertiary/aromatic N) is 3. The second-order valence-electron chi connectivity index (χ2n) is 10.0. The number of rotatable bonds is 9. The molecule has 0 aliphatic heterocycles. The number of carbonyl (C=O) groups is 1. The molecule has 39 heavy (non-hydrogen) atoms. The van der Waals surface area contributed by atoms with E-state index in [1.165, 1.54) is 6.07 Å². The Morgan fingerprint density at radius 3 is 2.82 bits per heavy atom. The van der Waals surface area contributed by atoms with Crippen molar-refractivity contribution in [3.63, 3.8) is 0 Å². The van der Waals surface area contributed by atoms with E-state index >= 15 is 0 Å². The largest absolute Gasteiger partial charge is 0.337 e. The first kappa shape index (κ1) is 27.6. The van der Waals surface area contributed by atoms with E-state index in [9.17, 15) is 13.2 Å². The lowest BCUT2D eigenvalue weighted by Gasteiger charge is -2.30. The number of aromatic nitrogens is 2. The molecular weight excluding hydrogens is 552 g/mol. The number of anilines is 1. The number of nitrogens with one attached hydrogen (secondary N) is 1. The molecular formula is C29H32ClN4O3S2+. The van der Waals surface area contributed by atoms with Crippen LogP contribution in [-0.2, 0) is 34.8 Å². The standard InChI is InChI=1S/C29H32ClN4O3S2/c1-20(22-11-14-38-19-22)15-29(35)34(18-28-31-12-13-33(28)2)24-10-9-21-5-3-8-27(26(21)17-24)32-39(36,37)25-7-4-6-23(30)16-25/h4,6-7,9-14,16-17,19-20,27,30,32H,3,5,8,15,18H2,1-2H3/q+1/t20-,27+/m1/s1. The van der Waals surface area contributed by atoms with Crippen molar-refractivity contribution in [3.05, 3.63) is 99.2 Å². The number of aryl methyl sites for hydroxylation is 2. The maximum absolute atomic E-state index is 13.8. The normalized spacial score (nSPS) is 16.0. The number of hydrogen-bond donors (Lipinski definition) is 1. The number of fused-ring (bicyclic) bond motifs is 1. The molecule has 2 aromatic heterocycles. The molecule has 204 valence electrons. The lowest BCUT2D eigenvalue weighted by atomic mass is 9.87. The zero-order valence-electron chi connectivity index (χ0n) is 21.9. The highest BCUT2D eigenvalue weighted by Crippen LogP contribution is 2.35. The highest BCUT2D eigenvalue weighted by Gasteiger charge is 2.28. The summed E-state index contributed by atoms with van der Waals surface area (Å²) in [5, 5.41) is 4.58. The number of sulfonamides is 1. The van der Waals surface area contributed by atoms with Gasteiger partial charge in [0.15, 0.2) is 11.6 Å². The number of benzene rings is 2. The molecule has 0 radical (unpaired) electrons. The summed E-state index contributed by atoms with van der Waals surface area (Å²) in [6.07, 6.45) is 6.34. The Bertz CT molecular complexity index is 1570. The smallest absolute Gasteiger partial charge is 0.241 e. The molecule has 1 aliphatic rings. The lowest BCUT2D eigenvalue weighted by Crippen LogP contribution is -2.34. The second kappa shape index (κ2) is 11.6. The predicted molar refractivity (Wildman–Crippen MR) is 151 cm³/mol. The van der Waals surface area contributed by atoms with E-state index in [1.54, 1.807) is 40.6 Å². The van der Waals surface area contributed by atoms with Gasteiger partial charge in [0.25, 0.3) is 0 Å². The quantitative estimate of drug-likeness (QED) is 0.291. The maximum atomic E-state index is 13.8. The van der Waals surface area contributed by atoms with Crippen molar-refractivity contribution in [1.82, 2.24) is 14.3 Å². The average Bonchev–Trinajstić information content (AvgIpc) is 3.59. The summed E-state index contributed by atoms with van der Waals surface area (Å²) in [6.45, 7) is 2.38. The number of imidazole rings is 1.